The van der Waals surface area contributed by atoms with E-state index in [1.54, 1.807) is 13.8 Å². The van der Waals surface area contributed by atoms with Crippen LogP contribution in [-0.4, -0.2) is 29.7 Å². The summed E-state index contributed by atoms with van der Waals surface area (Å²) in [6.45, 7) is 5.65. The molecule has 0 bridgehead atoms. The summed E-state index contributed by atoms with van der Waals surface area (Å²) in [5.41, 5.74) is 1.33. The SMILES string of the molecule is CCOC(=O)NC(=O)c1c(NC(=O)c2cc(C)on2)sc2c1CCC(C)C2. The van der Waals surface area contributed by atoms with Crippen molar-refractivity contribution in [1.29, 1.82) is 0 Å². The second-order valence-electron chi connectivity index (χ2n) is 6.51. The number of carbonyl (C=O) groups excluding carboxylic acids is 3. The highest BCUT2D eigenvalue weighted by Crippen LogP contribution is 2.39. The summed E-state index contributed by atoms with van der Waals surface area (Å²) in [6, 6.07) is 1.52. The van der Waals surface area contributed by atoms with Gasteiger partial charge in [-0.15, -0.1) is 11.3 Å². The highest BCUT2D eigenvalue weighted by molar-refractivity contribution is 7.17. The molecule has 0 aromatic carbocycles. The number of thiophene rings is 1. The fourth-order valence-corrected chi connectivity index (χ4v) is 4.45. The van der Waals surface area contributed by atoms with Crippen LogP contribution in [0.15, 0.2) is 10.6 Å². The Bertz CT molecular complexity index is 886. The second kappa shape index (κ2) is 7.91. The van der Waals surface area contributed by atoms with Gasteiger partial charge < -0.3 is 14.6 Å². The molecule has 0 radical (unpaired) electrons. The standard InChI is InChI=1S/C18H21N3O5S/c1-4-25-18(24)20-16(23)14-11-6-5-9(2)7-13(11)27-17(14)19-15(22)12-8-10(3)26-21-12/h8-9H,4-7H2,1-3H3,(H,19,22)(H,20,23,24). The molecule has 2 aromatic heterocycles. The average molecular weight is 391 g/mol. The van der Waals surface area contributed by atoms with Crippen molar-refractivity contribution < 1.29 is 23.6 Å². The quantitative estimate of drug-likeness (QED) is 0.827. The van der Waals surface area contributed by atoms with E-state index in [4.69, 9.17) is 9.26 Å². The summed E-state index contributed by atoms with van der Waals surface area (Å²) in [5.74, 6) is -0.0330. The van der Waals surface area contributed by atoms with Gasteiger partial charge in [0.05, 0.1) is 12.2 Å². The number of aryl methyl sites for hydroxylation is 1. The van der Waals surface area contributed by atoms with Crippen molar-refractivity contribution in [2.75, 3.05) is 11.9 Å². The lowest BCUT2D eigenvalue weighted by molar-refractivity contribution is 0.0925. The number of hydrogen-bond donors (Lipinski definition) is 2. The van der Waals surface area contributed by atoms with Crippen LogP contribution in [0.3, 0.4) is 0 Å². The predicted octanol–water partition coefficient (Wildman–Crippen LogP) is 3.31. The number of nitrogens with zero attached hydrogens (tertiary/aromatic N) is 1. The van der Waals surface area contributed by atoms with Gasteiger partial charge in [-0.05, 0) is 44.6 Å². The van der Waals surface area contributed by atoms with Crippen molar-refractivity contribution in [3.05, 3.63) is 33.5 Å². The van der Waals surface area contributed by atoms with Gasteiger partial charge in [0.25, 0.3) is 11.8 Å². The molecule has 1 unspecified atom stereocenters. The van der Waals surface area contributed by atoms with E-state index in [-0.39, 0.29) is 12.3 Å². The van der Waals surface area contributed by atoms with Crippen molar-refractivity contribution in [1.82, 2.24) is 10.5 Å². The molecule has 2 N–H and O–H groups in total. The number of anilines is 1. The maximum atomic E-state index is 12.7. The molecular weight excluding hydrogens is 370 g/mol. The van der Waals surface area contributed by atoms with Gasteiger partial charge in [0.1, 0.15) is 10.8 Å². The highest BCUT2D eigenvalue weighted by atomic mass is 32.1. The van der Waals surface area contributed by atoms with E-state index >= 15 is 0 Å². The van der Waals surface area contributed by atoms with Crippen LogP contribution in [0.25, 0.3) is 0 Å². The topological polar surface area (TPSA) is 111 Å². The highest BCUT2D eigenvalue weighted by Gasteiger charge is 2.29. The molecule has 8 nitrogen and oxygen atoms in total. The number of aromatic nitrogens is 1. The van der Waals surface area contributed by atoms with Crippen molar-refractivity contribution in [3.8, 4) is 0 Å². The fourth-order valence-electron chi connectivity index (χ4n) is 3.04. The van der Waals surface area contributed by atoms with Gasteiger partial charge in [0, 0.05) is 10.9 Å². The Hall–Kier alpha value is -2.68. The Balaban J connectivity index is 1.91. The number of fused-ring (bicyclic) bond motifs is 1. The fraction of sp³-hybridized carbons (Fsp3) is 0.444. The minimum Gasteiger partial charge on any atom is -0.450 e. The normalized spacial score (nSPS) is 15.7. The molecular formula is C18H21N3O5S. The first-order chi connectivity index (χ1) is 12.9. The van der Waals surface area contributed by atoms with Gasteiger partial charge in [0.15, 0.2) is 5.69 Å². The smallest absolute Gasteiger partial charge is 0.414 e. The van der Waals surface area contributed by atoms with Crippen LogP contribution >= 0.6 is 11.3 Å². The van der Waals surface area contributed by atoms with Crippen molar-refractivity contribution >= 4 is 34.2 Å². The second-order valence-corrected chi connectivity index (χ2v) is 7.61. The molecule has 2 heterocycles. The number of rotatable bonds is 4. The number of hydrogen-bond acceptors (Lipinski definition) is 7. The van der Waals surface area contributed by atoms with E-state index in [1.165, 1.54) is 17.4 Å². The van der Waals surface area contributed by atoms with Gasteiger partial charge >= 0.3 is 6.09 Å². The Morgan fingerprint density at radius 3 is 2.81 bits per heavy atom. The zero-order chi connectivity index (χ0) is 19.6. The van der Waals surface area contributed by atoms with Crippen molar-refractivity contribution in [2.24, 2.45) is 5.92 Å². The van der Waals surface area contributed by atoms with E-state index in [1.807, 2.05) is 0 Å². The van der Waals surface area contributed by atoms with Crippen LogP contribution in [-0.2, 0) is 17.6 Å². The first-order valence-electron chi connectivity index (χ1n) is 8.76. The van der Waals surface area contributed by atoms with E-state index in [0.29, 0.717) is 22.2 Å². The Labute approximate surface area is 160 Å². The number of alkyl carbamates (subject to hydrolysis) is 1. The zero-order valence-electron chi connectivity index (χ0n) is 15.4. The van der Waals surface area contributed by atoms with Crippen LogP contribution in [0, 0.1) is 12.8 Å². The van der Waals surface area contributed by atoms with Gasteiger partial charge in [-0.3, -0.25) is 14.9 Å². The Kier molecular flexibility index (Phi) is 5.59. The van der Waals surface area contributed by atoms with Crippen LogP contribution in [0.2, 0.25) is 0 Å². The van der Waals surface area contributed by atoms with Crippen LogP contribution in [0.5, 0.6) is 0 Å². The van der Waals surface area contributed by atoms with Crippen molar-refractivity contribution in [2.45, 2.75) is 40.0 Å². The largest absolute Gasteiger partial charge is 0.450 e. The minimum atomic E-state index is -0.809. The maximum Gasteiger partial charge on any atom is 0.414 e. The van der Waals surface area contributed by atoms with Crippen molar-refractivity contribution in [3.63, 3.8) is 0 Å². The first-order valence-corrected chi connectivity index (χ1v) is 9.58. The summed E-state index contributed by atoms with van der Waals surface area (Å²) in [7, 11) is 0. The molecule has 0 saturated heterocycles. The van der Waals surface area contributed by atoms with Gasteiger partial charge in [-0.1, -0.05) is 12.1 Å². The lowest BCUT2D eigenvalue weighted by Crippen LogP contribution is -2.32. The first kappa shape index (κ1) is 19.1. The van der Waals surface area contributed by atoms with Gasteiger partial charge in [-0.25, -0.2) is 4.79 Å². The molecule has 1 aliphatic carbocycles. The molecule has 0 aliphatic heterocycles. The maximum absolute atomic E-state index is 12.7. The third-order valence-electron chi connectivity index (χ3n) is 4.32. The summed E-state index contributed by atoms with van der Waals surface area (Å²) < 4.78 is 9.72. The van der Waals surface area contributed by atoms with Gasteiger partial charge in [-0.2, -0.15) is 0 Å². The third-order valence-corrected chi connectivity index (χ3v) is 5.49. The molecule has 3 rings (SSSR count). The molecule has 1 atom stereocenters. The molecule has 0 spiro atoms. The van der Waals surface area contributed by atoms with Gasteiger partial charge in [0.2, 0.25) is 0 Å². The molecule has 0 saturated carbocycles. The summed E-state index contributed by atoms with van der Waals surface area (Å²) in [5, 5.41) is 9.07. The minimum absolute atomic E-state index is 0.129. The molecule has 144 valence electrons. The number of amides is 3. The third kappa shape index (κ3) is 4.19. The number of carbonyl (C=O) groups is 3. The monoisotopic (exact) mass is 391 g/mol. The predicted molar refractivity (Wildman–Crippen MR) is 99.2 cm³/mol. The molecule has 3 amide bonds. The van der Waals surface area contributed by atoms with E-state index in [9.17, 15) is 14.4 Å². The van der Waals surface area contributed by atoms with Crippen LogP contribution in [0.4, 0.5) is 9.80 Å². The van der Waals surface area contributed by atoms with E-state index in [2.05, 4.69) is 22.7 Å². The summed E-state index contributed by atoms with van der Waals surface area (Å²) in [4.78, 5) is 37.9. The Morgan fingerprint density at radius 2 is 2.15 bits per heavy atom. The summed E-state index contributed by atoms with van der Waals surface area (Å²) in [6.07, 6.45) is 1.69. The molecule has 1 aliphatic rings. The molecule has 2 aromatic rings. The lowest BCUT2D eigenvalue weighted by atomic mass is 9.88. The number of imide groups is 1. The van der Waals surface area contributed by atoms with Crippen LogP contribution < -0.4 is 10.6 Å². The van der Waals surface area contributed by atoms with E-state index in [0.717, 1.165) is 29.7 Å². The van der Waals surface area contributed by atoms with Crippen LogP contribution in [0.1, 0.15) is 57.3 Å². The Morgan fingerprint density at radius 1 is 1.37 bits per heavy atom. The molecule has 27 heavy (non-hydrogen) atoms. The number of nitrogens with one attached hydrogen (secondary N) is 2. The van der Waals surface area contributed by atoms with E-state index < -0.39 is 17.9 Å². The average Bonchev–Trinajstić information content (AvgIpc) is 3.17. The number of ether oxygens (including phenoxy) is 1. The summed E-state index contributed by atoms with van der Waals surface area (Å²) >= 11 is 1.36. The zero-order valence-corrected chi connectivity index (χ0v) is 16.2. The lowest BCUT2D eigenvalue weighted by Gasteiger charge is -2.18. The molecule has 0 fully saturated rings. The molecule has 9 heteroatoms.